The van der Waals surface area contributed by atoms with Crippen molar-refractivity contribution in [2.45, 2.75) is 10.8 Å². The first-order valence-corrected chi connectivity index (χ1v) is 25.8. The van der Waals surface area contributed by atoms with Gasteiger partial charge in [-0.15, -0.1) is 0 Å². The van der Waals surface area contributed by atoms with Crippen LogP contribution in [0.3, 0.4) is 0 Å². The van der Waals surface area contributed by atoms with Crippen molar-refractivity contribution in [3.63, 3.8) is 0 Å². The van der Waals surface area contributed by atoms with Crippen molar-refractivity contribution >= 4 is 49.6 Å². The molecule has 0 amide bonds. The van der Waals surface area contributed by atoms with Gasteiger partial charge in [0.25, 0.3) is 0 Å². The molecule has 3 aliphatic carbocycles. The van der Waals surface area contributed by atoms with Crippen molar-refractivity contribution in [1.82, 2.24) is 4.57 Å². The lowest BCUT2D eigenvalue weighted by atomic mass is 9.67. The first-order valence-electron chi connectivity index (χ1n) is 25.8. The number of fused-ring (bicyclic) bond motifs is 17. The quantitative estimate of drug-likeness (QED) is 0.161. The Balaban J connectivity index is 0.982. The Morgan fingerprint density at radius 1 is 0.270 bits per heavy atom. The van der Waals surface area contributed by atoms with Gasteiger partial charge in [-0.25, -0.2) is 0 Å². The van der Waals surface area contributed by atoms with E-state index in [0.29, 0.717) is 0 Å². The molecule has 0 unspecified atom stereocenters. The maximum atomic E-state index is 2.52. The number of anilines is 3. The number of rotatable bonds is 6. The average Bonchev–Trinajstić information content (AvgIpc) is 4.21. The average molecular weight is 939 g/mol. The number of para-hydroxylation sites is 1. The summed E-state index contributed by atoms with van der Waals surface area (Å²) in [5.41, 5.74) is 24.0. The van der Waals surface area contributed by atoms with Gasteiger partial charge in [0.15, 0.2) is 0 Å². The van der Waals surface area contributed by atoms with E-state index in [1.165, 1.54) is 105 Å². The Hall–Kier alpha value is -9.50. The van der Waals surface area contributed by atoms with E-state index in [1.54, 1.807) is 0 Å². The highest BCUT2D eigenvalue weighted by atomic mass is 15.1. The van der Waals surface area contributed by atoms with E-state index in [1.807, 2.05) is 0 Å². The highest BCUT2D eigenvalue weighted by Crippen LogP contribution is 2.64. The van der Waals surface area contributed by atoms with Gasteiger partial charge in [0.2, 0.25) is 0 Å². The van der Waals surface area contributed by atoms with E-state index in [2.05, 4.69) is 289 Å². The van der Waals surface area contributed by atoms with Gasteiger partial charge >= 0.3 is 0 Å². The standard InChI is InChI=1S/C72H46N2/c1-3-22-48(23-4-1)71(62-32-14-9-27-54(62)55-28-10-15-33-63(55)71)49-38-42-69-60(44-49)61-45-51(40-43-70(61)74(69)50-24-5-2-6-25-50)73(68-37-19-21-47-20-7-8-26-53(47)68)52-39-41-59-58-31-13-18-36-66(58)72(67(59)46-52)64-34-16-11-29-56(64)57-30-12-17-35-65(57)72/h1-46H. The minimum absolute atomic E-state index is 0.477. The summed E-state index contributed by atoms with van der Waals surface area (Å²) < 4.78 is 2.46. The SMILES string of the molecule is c1ccc(-n2c3ccc(N(c4ccc5c(c4)C4(c6ccccc6-c6ccccc64)c4ccccc4-5)c4cccc5ccccc45)cc3c3cc(C4(c5ccccc5)c5ccccc5-c5ccccc54)ccc32)cc1. The monoisotopic (exact) mass is 938 g/mol. The zero-order chi connectivity index (χ0) is 48.5. The Labute approximate surface area is 430 Å². The fraction of sp³-hybridized carbons (Fsp3) is 0.0278. The van der Waals surface area contributed by atoms with E-state index in [0.717, 1.165) is 28.3 Å². The number of benzene rings is 12. The summed E-state index contributed by atoms with van der Waals surface area (Å²) in [6.45, 7) is 0. The molecule has 3 aliphatic rings. The first kappa shape index (κ1) is 41.2. The van der Waals surface area contributed by atoms with Crippen molar-refractivity contribution in [3.8, 4) is 39.1 Å². The van der Waals surface area contributed by atoms with Gasteiger partial charge < -0.3 is 9.47 Å². The normalized spacial score (nSPS) is 13.9. The van der Waals surface area contributed by atoms with E-state index in [9.17, 15) is 0 Å². The molecule has 0 saturated carbocycles. The van der Waals surface area contributed by atoms with Gasteiger partial charge in [-0.1, -0.05) is 218 Å². The Morgan fingerprint density at radius 2 is 0.716 bits per heavy atom. The van der Waals surface area contributed by atoms with Gasteiger partial charge in [0.1, 0.15) is 0 Å². The van der Waals surface area contributed by atoms with E-state index >= 15 is 0 Å². The molecule has 2 heteroatoms. The lowest BCUT2D eigenvalue weighted by molar-refractivity contribution is 0.770. The minimum Gasteiger partial charge on any atom is -0.310 e. The second-order valence-corrected chi connectivity index (χ2v) is 20.3. The molecule has 0 N–H and O–H groups in total. The number of nitrogens with zero attached hydrogens (tertiary/aromatic N) is 2. The van der Waals surface area contributed by atoms with E-state index in [-0.39, 0.29) is 0 Å². The Morgan fingerprint density at radius 3 is 1.32 bits per heavy atom. The maximum Gasteiger partial charge on any atom is 0.0726 e. The highest BCUT2D eigenvalue weighted by molar-refractivity contribution is 6.12. The first-order chi connectivity index (χ1) is 36.7. The topological polar surface area (TPSA) is 8.17 Å². The fourth-order valence-electron chi connectivity index (χ4n) is 14.0. The van der Waals surface area contributed by atoms with E-state index < -0.39 is 10.8 Å². The molecule has 0 atom stereocenters. The van der Waals surface area contributed by atoms with Crippen LogP contribution in [0.2, 0.25) is 0 Å². The smallest absolute Gasteiger partial charge is 0.0726 e. The molecule has 0 saturated heterocycles. The van der Waals surface area contributed by atoms with Gasteiger partial charge in [0, 0.05) is 33.2 Å². The fourth-order valence-corrected chi connectivity index (χ4v) is 14.0. The molecule has 16 rings (SSSR count). The molecule has 0 fully saturated rings. The predicted octanol–water partition coefficient (Wildman–Crippen LogP) is 18.1. The summed E-state index contributed by atoms with van der Waals surface area (Å²) in [7, 11) is 0. The van der Waals surface area contributed by atoms with Gasteiger partial charge in [-0.2, -0.15) is 0 Å². The largest absolute Gasteiger partial charge is 0.310 e. The lowest BCUT2D eigenvalue weighted by Crippen LogP contribution is -2.28. The van der Waals surface area contributed by atoms with Crippen LogP contribution >= 0.6 is 0 Å². The molecule has 1 heterocycles. The Bertz CT molecular complexity index is 4330. The number of hydrogen-bond donors (Lipinski definition) is 0. The summed E-state index contributed by atoms with van der Waals surface area (Å²) in [6, 6.07) is 105. The van der Waals surface area contributed by atoms with Gasteiger partial charge in [-0.3, -0.25) is 0 Å². The van der Waals surface area contributed by atoms with Crippen LogP contribution in [0.1, 0.15) is 44.5 Å². The molecule has 2 nitrogen and oxygen atoms in total. The highest BCUT2D eigenvalue weighted by Gasteiger charge is 2.52. The summed E-state index contributed by atoms with van der Waals surface area (Å²) >= 11 is 0. The summed E-state index contributed by atoms with van der Waals surface area (Å²) in [4.78, 5) is 2.52. The van der Waals surface area contributed by atoms with Crippen LogP contribution in [0.4, 0.5) is 17.1 Å². The van der Waals surface area contributed by atoms with Crippen LogP contribution < -0.4 is 4.90 Å². The molecule has 0 bridgehead atoms. The van der Waals surface area contributed by atoms with Crippen LogP contribution in [0.5, 0.6) is 0 Å². The third kappa shape index (κ3) is 5.39. The van der Waals surface area contributed by atoms with Crippen LogP contribution in [0, 0.1) is 0 Å². The molecule has 344 valence electrons. The summed E-state index contributed by atoms with van der Waals surface area (Å²) in [5.74, 6) is 0. The predicted molar refractivity (Wildman–Crippen MR) is 307 cm³/mol. The van der Waals surface area contributed by atoms with Crippen LogP contribution in [-0.2, 0) is 10.8 Å². The van der Waals surface area contributed by atoms with Crippen molar-refractivity contribution in [1.29, 1.82) is 0 Å². The number of hydrogen-bond acceptors (Lipinski definition) is 1. The molecule has 1 aromatic heterocycles. The zero-order valence-electron chi connectivity index (χ0n) is 40.5. The Kier molecular flexibility index (Phi) is 8.62. The molecule has 12 aromatic carbocycles. The second kappa shape index (κ2) is 15.5. The summed E-state index contributed by atoms with van der Waals surface area (Å²) in [5, 5.41) is 4.80. The lowest BCUT2D eigenvalue weighted by Gasteiger charge is -2.34. The molecule has 0 radical (unpaired) electrons. The van der Waals surface area contributed by atoms with Crippen molar-refractivity contribution in [2.75, 3.05) is 4.90 Å². The van der Waals surface area contributed by atoms with E-state index in [4.69, 9.17) is 0 Å². The minimum atomic E-state index is -0.536. The maximum absolute atomic E-state index is 2.52. The van der Waals surface area contributed by atoms with Crippen molar-refractivity contribution in [2.24, 2.45) is 0 Å². The second-order valence-electron chi connectivity index (χ2n) is 20.3. The van der Waals surface area contributed by atoms with Crippen LogP contribution in [0.25, 0.3) is 71.6 Å². The summed E-state index contributed by atoms with van der Waals surface area (Å²) in [6.07, 6.45) is 0. The molecular weight excluding hydrogens is 893 g/mol. The van der Waals surface area contributed by atoms with Crippen LogP contribution in [-0.4, -0.2) is 4.57 Å². The third-order valence-corrected chi connectivity index (χ3v) is 16.9. The van der Waals surface area contributed by atoms with Gasteiger partial charge in [-0.05, 0) is 144 Å². The van der Waals surface area contributed by atoms with Crippen molar-refractivity contribution in [3.05, 3.63) is 324 Å². The molecule has 13 aromatic rings. The number of aromatic nitrogens is 1. The molecule has 1 spiro atoms. The molecule has 74 heavy (non-hydrogen) atoms. The van der Waals surface area contributed by atoms with Crippen LogP contribution in [0.15, 0.2) is 279 Å². The zero-order valence-corrected chi connectivity index (χ0v) is 40.5. The van der Waals surface area contributed by atoms with Gasteiger partial charge in [0.05, 0.1) is 27.6 Å². The van der Waals surface area contributed by atoms with Crippen molar-refractivity contribution < 1.29 is 0 Å². The molecular formula is C72H46N2. The third-order valence-electron chi connectivity index (χ3n) is 16.9. The molecule has 0 aliphatic heterocycles.